The van der Waals surface area contributed by atoms with Crippen molar-refractivity contribution in [3.05, 3.63) is 0 Å². The average molecular weight is 218 g/mol. The van der Waals surface area contributed by atoms with E-state index in [2.05, 4.69) is 0 Å². The largest absolute Gasteiger partial charge is 0.338 e. The smallest absolute Gasteiger partial charge is 0.0748 e. The molecule has 0 N–H and O–H groups in total. The number of rotatable bonds is 0. The summed E-state index contributed by atoms with van der Waals surface area (Å²) in [4.78, 5) is 0. The summed E-state index contributed by atoms with van der Waals surface area (Å²) in [6.07, 6.45) is 8.21. The molecule has 1 spiro atoms. The molecule has 0 aromatic carbocycles. The first kappa shape index (κ1) is 9.74. The second kappa shape index (κ2) is 3.75. The molecule has 2 fully saturated rings. The second-order valence-corrected chi connectivity index (χ2v) is 8.07. The fourth-order valence-corrected chi connectivity index (χ4v) is 5.76. The quantitative estimate of drug-likeness (QED) is 0.585. The Labute approximate surface area is 81.1 Å². The molecule has 0 aromatic heterocycles. The Kier molecular flexibility index (Phi) is 2.81. The molecule has 0 saturated carbocycles. The Morgan fingerprint density at radius 2 is 1.00 bits per heavy atom. The molecular weight excluding hydrogens is 202 g/mol. The minimum atomic E-state index is -0.876. The van der Waals surface area contributed by atoms with Gasteiger partial charge in [-0.2, -0.15) is 0 Å². The van der Waals surface area contributed by atoms with E-state index in [-0.39, 0.29) is 0 Å². The lowest BCUT2D eigenvalue weighted by Gasteiger charge is -2.33. The van der Waals surface area contributed by atoms with E-state index in [1.54, 1.807) is 0 Å². The fourth-order valence-electron chi connectivity index (χ4n) is 2.42. The molecule has 4 heteroatoms. The molecule has 0 radical (unpaired) electrons. The molecule has 2 rings (SSSR count). The summed E-state index contributed by atoms with van der Waals surface area (Å²) in [5.41, 5.74) is 0.451. The van der Waals surface area contributed by atoms with Crippen molar-refractivity contribution in [3.8, 4) is 0 Å². The zero-order chi connectivity index (χ0) is 9.31. The molecular formula is C9H16O2P2+2. The van der Waals surface area contributed by atoms with Crippen LogP contribution < -0.4 is 0 Å². The van der Waals surface area contributed by atoms with Crippen LogP contribution in [0.15, 0.2) is 0 Å². The van der Waals surface area contributed by atoms with Crippen molar-refractivity contribution in [2.75, 3.05) is 24.6 Å². The maximum atomic E-state index is 11.2. The van der Waals surface area contributed by atoms with E-state index in [1.165, 1.54) is 0 Å². The van der Waals surface area contributed by atoms with E-state index in [0.29, 0.717) is 5.41 Å². The van der Waals surface area contributed by atoms with Gasteiger partial charge in [-0.15, -0.1) is 0 Å². The summed E-state index contributed by atoms with van der Waals surface area (Å²) in [5, 5.41) is 0. The molecule has 2 saturated heterocycles. The highest BCUT2D eigenvalue weighted by molar-refractivity contribution is 7.45. The summed E-state index contributed by atoms with van der Waals surface area (Å²) >= 11 is 0. The van der Waals surface area contributed by atoms with E-state index in [0.717, 1.165) is 50.3 Å². The molecule has 0 unspecified atom stereocenters. The van der Waals surface area contributed by atoms with Crippen LogP contribution in [0.4, 0.5) is 0 Å². The molecule has 0 bridgehead atoms. The second-order valence-electron chi connectivity index (χ2n) is 4.36. The van der Waals surface area contributed by atoms with Gasteiger partial charge in [-0.25, -0.2) is 0 Å². The van der Waals surface area contributed by atoms with Gasteiger partial charge in [0.05, 0.1) is 0 Å². The van der Waals surface area contributed by atoms with E-state index in [9.17, 15) is 9.13 Å². The van der Waals surface area contributed by atoms with Crippen molar-refractivity contribution in [1.29, 1.82) is 0 Å². The Bertz CT molecular complexity index is 200. The van der Waals surface area contributed by atoms with Gasteiger partial charge in [0.2, 0.25) is 0 Å². The summed E-state index contributed by atoms with van der Waals surface area (Å²) in [6, 6.07) is 0. The first-order valence-corrected chi connectivity index (χ1v) is 8.30. The Morgan fingerprint density at radius 1 is 0.692 bits per heavy atom. The van der Waals surface area contributed by atoms with Crippen LogP contribution in [0.3, 0.4) is 0 Å². The van der Waals surface area contributed by atoms with Crippen LogP contribution in [-0.4, -0.2) is 24.6 Å². The van der Waals surface area contributed by atoms with Crippen LogP contribution in [0.5, 0.6) is 0 Å². The van der Waals surface area contributed by atoms with Crippen molar-refractivity contribution < 1.29 is 9.13 Å². The molecule has 0 aliphatic carbocycles. The highest BCUT2D eigenvalue weighted by Crippen LogP contribution is 2.51. The Morgan fingerprint density at radius 3 is 1.31 bits per heavy atom. The van der Waals surface area contributed by atoms with Gasteiger partial charge < -0.3 is 0 Å². The lowest BCUT2D eigenvalue weighted by atomic mass is 9.77. The first-order valence-electron chi connectivity index (χ1n) is 5.04. The minimum Gasteiger partial charge on any atom is -0.0748 e. The van der Waals surface area contributed by atoms with Crippen LogP contribution >= 0.6 is 15.6 Å². The van der Waals surface area contributed by atoms with Gasteiger partial charge in [0.15, 0.2) is 0 Å². The molecule has 13 heavy (non-hydrogen) atoms. The third-order valence-electron chi connectivity index (χ3n) is 3.57. The van der Waals surface area contributed by atoms with Crippen LogP contribution in [0.25, 0.3) is 0 Å². The Hall–Kier alpha value is 0.200. The zero-order valence-electron chi connectivity index (χ0n) is 7.87. The Balaban J connectivity index is 1.98. The fraction of sp³-hybridized carbons (Fsp3) is 1.00. The molecule has 0 amide bonds. The number of hydrogen-bond acceptors (Lipinski definition) is 2. The van der Waals surface area contributed by atoms with Gasteiger partial charge in [-0.1, -0.05) is 9.13 Å². The van der Waals surface area contributed by atoms with Gasteiger partial charge in [0.25, 0.3) is 0 Å². The van der Waals surface area contributed by atoms with E-state index >= 15 is 0 Å². The zero-order valence-corrected chi connectivity index (χ0v) is 9.66. The van der Waals surface area contributed by atoms with E-state index < -0.39 is 15.6 Å². The van der Waals surface area contributed by atoms with Gasteiger partial charge >= 0.3 is 15.6 Å². The molecule has 2 nitrogen and oxygen atoms in total. The summed E-state index contributed by atoms with van der Waals surface area (Å²) in [7, 11) is -1.75. The normalized spacial score (nSPS) is 40.9. The monoisotopic (exact) mass is 218 g/mol. The predicted molar refractivity (Wildman–Crippen MR) is 55.6 cm³/mol. The highest BCUT2D eigenvalue weighted by Gasteiger charge is 2.44. The van der Waals surface area contributed by atoms with Crippen LogP contribution in [0, 0.1) is 5.41 Å². The van der Waals surface area contributed by atoms with Gasteiger partial charge in [0.1, 0.15) is 24.6 Å². The van der Waals surface area contributed by atoms with Crippen molar-refractivity contribution in [3.63, 3.8) is 0 Å². The molecule has 72 valence electrons. The van der Waals surface area contributed by atoms with Gasteiger partial charge in [-0.05, 0) is 31.1 Å². The van der Waals surface area contributed by atoms with Gasteiger partial charge in [0, 0.05) is 0 Å². The van der Waals surface area contributed by atoms with Gasteiger partial charge in [-0.3, -0.25) is 0 Å². The predicted octanol–water partition coefficient (Wildman–Crippen LogP) is 3.22. The van der Waals surface area contributed by atoms with E-state index in [1.807, 2.05) is 0 Å². The maximum absolute atomic E-state index is 11.2. The third-order valence-corrected chi connectivity index (χ3v) is 6.46. The molecule has 2 aliphatic heterocycles. The first-order chi connectivity index (χ1) is 6.20. The lowest BCUT2D eigenvalue weighted by molar-refractivity contribution is 0.229. The topological polar surface area (TPSA) is 34.1 Å². The average Bonchev–Trinajstić information content (AvgIpc) is 2.16. The summed E-state index contributed by atoms with van der Waals surface area (Å²) in [6.45, 7) is 0. The number of hydrogen-bond donors (Lipinski definition) is 0. The van der Waals surface area contributed by atoms with E-state index in [4.69, 9.17) is 0 Å². The summed E-state index contributed by atoms with van der Waals surface area (Å²) < 4.78 is 22.5. The molecule has 0 atom stereocenters. The molecule has 2 aliphatic rings. The standard InChI is InChI=1S/C9H16O2P2/c10-12-5-1-9(2-6-12)3-7-13(11)8-4-9/h1-8H2/q+2. The third kappa shape index (κ3) is 2.17. The molecule has 2 heterocycles. The van der Waals surface area contributed by atoms with Crippen molar-refractivity contribution >= 4 is 15.6 Å². The van der Waals surface area contributed by atoms with Crippen LogP contribution in [0.1, 0.15) is 25.7 Å². The highest BCUT2D eigenvalue weighted by atomic mass is 31.1. The van der Waals surface area contributed by atoms with Crippen molar-refractivity contribution in [2.45, 2.75) is 25.7 Å². The van der Waals surface area contributed by atoms with Crippen molar-refractivity contribution in [1.82, 2.24) is 0 Å². The van der Waals surface area contributed by atoms with Crippen molar-refractivity contribution in [2.24, 2.45) is 5.41 Å². The maximum Gasteiger partial charge on any atom is 0.338 e. The SMILES string of the molecule is O=[P+]1CCC2(CC1)CC[P+](=O)CC2. The molecule has 0 aromatic rings. The summed E-state index contributed by atoms with van der Waals surface area (Å²) in [5.74, 6) is 0. The van der Waals surface area contributed by atoms with Crippen LogP contribution in [0.2, 0.25) is 0 Å². The minimum absolute atomic E-state index is 0.451. The van der Waals surface area contributed by atoms with Crippen LogP contribution in [-0.2, 0) is 9.13 Å². The lowest BCUT2D eigenvalue weighted by Crippen LogP contribution is -2.30.